The van der Waals surface area contributed by atoms with Crippen molar-refractivity contribution in [1.29, 1.82) is 0 Å². The Morgan fingerprint density at radius 3 is 1.12 bits per heavy atom. The summed E-state index contributed by atoms with van der Waals surface area (Å²) >= 11 is 0. The Bertz CT molecular complexity index is 2760. The van der Waals surface area contributed by atoms with Crippen molar-refractivity contribution >= 4 is 43.4 Å². The summed E-state index contributed by atoms with van der Waals surface area (Å²) in [5.41, 5.74) is 22.0. The van der Waals surface area contributed by atoms with E-state index >= 15 is 0 Å². The summed E-state index contributed by atoms with van der Waals surface area (Å²) in [5.74, 6) is 0.652. The molecule has 0 N–H and O–H groups in total. The number of aromatic nitrogens is 1. The second kappa shape index (κ2) is 11.6. The van der Waals surface area contributed by atoms with Crippen LogP contribution in [0.15, 0.2) is 101 Å². The molecule has 2 heteroatoms. The van der Waals surface area contributed by atoms with Gasteiger partial charge in [0.25, 0.3) is 0 Å². The average Bonchev–Trinajstić information content (AvgIpc) is 3.51. The number of hydrogen-bond donors (Lipinski definition) is 0. The molecule has 0 saturated carbocycles. The molecule has 9 aromatic rings. The fourth-order valence-electron chi connectivity index (χ4n) is 9.59. The first-order valence-corrected chi connectivity index (χ1v) is 18.4. The molecule has 0 atom stereocenters. The molecule has 0 aliphatic heterocycles. The number of benzene rings is 8. The van der Waals surface area contributed by atoms with Gasteiger partial charge in [-0.25, -0.2) is 4.98 Å². The van der Waals surface area contributed by atoms with Crippen LogP contribution in [0.1, 0.15) is 50.1 Å². The molecule has 0 aliphatic rings. The zero-order valence-electron chi connectivity index (χ0n) is 31.6. The fourth-order valence-corrected chi connectivity index (χ4v) is 9.59. The lowest BCUT2D eigenvalue weighted by Gasteiger charge is -2.24. The van der Waals surface area contributed by atoms with Gasteiger partial charge < -0.3 is 4.42 Å². The molecule has 0 saturated heterocycles. The minimum atomic E-state index is 0.652. The van der Waals surface area contributed by atoms with Crippen LogP contribution in [-0.2, 0) is 0 Å². The summed E-state index contributed by atoms with van der Waals surface area (Å²) in [4.78, 5) is 5.09. The Balaban J connectivity index is 1.52. The van der Waals surface area contributed by atoms with Gasteiger partial charge in [0.15, 0.2) is 5.58 Å². The molecule has 0 aliphatic carbocycles. The van der Waals surface area contributed by atoms with Crippen LogP contribution in [0.2, 0.25) is 0 Å². The SMILES string of the molecule is Cc1cc(C)c(-c2cc(-c3nc4ccccc4o3)c3ccc4c(-c5c(C)cc(C)cc5C)cc(-c5c(C)cc(C)cc5C)c5ccc2c3c45)c(C)c1. The van der Waals surface area contributed by atoms with Crippen LogP contribution in [0.25, 0.3) is 88.3 Å². The highest BCUT2D eigenvalue weighted by Crippen LogP contribution is 2.50. The summed E-state index contributed by atoms with van der Waals surface area (Å²) in [6.45, 7) is 20.1. The molecule has 0 spiro atoms. The molecule has 0 radical (unpaired) electrons. The summed E-state index contributed by atoms with van der Waals surface area (Å²) in [5, 5.41) is 7.50. The lowest BCUT2D eigenvalue weighted by Crippen LogP contribution is -1.99. The Hall–Kier alpha value is -5.73. The molecule has 0 unspecified atom stereocenters. The van der Waals surface area contributed by atoms with E-state index in [2.05, 4.69) is 135 Å². The molecule has 9 rings (SSSR count). The molecule has 0 bridgehead atoms. The van der Waals surface area contributed by atoms with Gasteiger partial charge in [-0.05, 0) is 186 Å². The molecule has 8 aromatic carbocycles. The number of oxazole rings is 1. The molecule has 0 fully saturated rings. The van der Waals surface area contributed by atoms with Crippen molar-refractivity contribution in [3.05, 3.63) is 147 Å². The zero-order valence-corrected chi connectivity index (χ0v) is 31.6. The molecule has 254 valence electrons. The van der Waals surface area contributed by atoms with E-state index in [4.69, 9.17) is 9.40 Å². The minimum absolute atomic E-state index is 0.652. The van der Waals surface area contributed by atoms with E-state index in [-0.39, 0.29) is 0 Å². The molecular weight excluding hydrogens is 631 g/mol. The van der Waals surface area contributed by atoms with Gasteiger partial charge in [-0.3, -0.25) is 0 Å². The average molecular weight is 674 g/mol. The number of nitrogens with zero attached hydrogens (tertiary/aromatic N) is 1. The standard InChI is InChI=1S/C50H43NO/c1-26-18-29(4)45(30(5)19-26)39-24-40(46-31(6)20-27(2)21-32(46)7)36-16-17-38-42(50-51-43-12-10-11-13-44(43)52-50)25-41(37-15-14-35(39)48(36)49(37)38)47-33(8)22-28(3)23-34(47)9/h10-25H,1-9H3. The maximum Gasteiger partial charge on any atom is 0.227 e. The Morgan fingerprint density at radius 1 is 0.385 bits per heavy atom. The quantitative estimate of drug-likeness (QED) is 0.174. The van der Waals surface area contributed by atoms with E-state index in [0.717, 1.165) is 22.0 Å². The van der Waals surface area contributed by atoms with Crippen molar-refractivity contribution < 1.29 is 4.42 Å². The van der Waals surface area contributed by atoms with Crippen molar-refractivity contribution in [1.82, 2.24) is 4.98 Å². The maximum absolute atomic E-state index is 6.58. The van der Waals surface area contributed by atoms with Crippen LogP contribution in [0, 0.1) is 62.3 Å². The molecule has 0 amide bonds. The topological polar surface area (TPSA) is 26.0 Å². The number of hydrogen-bond acceptors (Lipinski definition) is 2. The largest absolute Gasteiger partial charge is 0.436 e. The molecule has 52 heavy (non-hydrogen) atoms. The van der Waals surface area contributed by atoms with Gasteiger partial charge in [0.1, 0.15) is 5.52 Å². The van der Waals surface area contributed by atoms with Crippen molar-refractivity contribution in [3.8, 4) is 44.8 Å². The highest BCUT2D eigenvalue weighted by molar-refractivity contribution is 6.32. The van der Waals surface area contributed by atoms with Gasteiger partial charge in [-0.2, -0.15) is 0 Å². The molecule has 1 aromatic heterocycles. The molecule has 1 heterocycles. The van der Waals surface area contributed by atoms with Crippen LogP contribution in [0.4, 0.5) is 0 Å². The van der Waals surface area contributed by atoms with Crippen molar-refractivity contribution in [2.75, 3.05) is 0 Å². The van der Waals surface area contributed by atoms with E-state index in [0.29, 0.717) is 5.89 Å². The van der Waals surface area contributed by atoms with E-state index in [9.17, 15) is 0 Å². The highest BCUT2D eigenvalue weighted by Gasteiger charge is 2.25. The summed E-state index contributed by atoms with van der Waals surface area (Å²) in [7, 11) is 0. The Morgan fingerprint density at radius 2 is 0.731 bits per heavy atom. The summed E-state index contributed by atoms with van der Waals surface area (Å²) in [6, 6.07) is 36.2. The van der Waals surface area contributed by atoms with Gasteiger partial charge in [-0.1, -0.05) is 89.5 Å². The number of aryl methyl sites for hydroxylation is 9. The van der Waals surface area contributed by atoms with Gasteiger partial charge in [0.2, 0.25) is 5.89 Å². The first kappa shape index (κ1) is 32.2. The van der Waals surface area contributed by atoms with E-state index in [1.54, 1.807) is 0 Å². The number of rotatable bonds is 4. The van der Waals surface area contributed by atoms with Crippen LogP contribution in [0.3, 0.4) is 0 Å². The van der Waals surface area contributed by atoms with Crippen LogP contribution < -0.4 is 0 Å². The predicted molar refractivity (Wildman–Crippen MR) is 222 cm³/mol. The third kappa shape index (κ3) is 4.81. The number of para-hydroxylation sites is 2. The minimum Gasteiger partial charge on any atom is -0.436 e. The summed E-state index contributed by atoms with van der Waals surface area (Å²) < 4.78 is 6.58. The van der Waals surface area contributed by atoms with Crippen LogP contribution in [-0.4, -0.2) is 4.98 Å². The van der Waals surface area contributed by atoms with E-state index in [1.807, 2.05) is 24.3 Å². The predicted octanol–water partition coefficient (Wildman–Crippen LogP) is 14.2. The van der Waals surface area contributed by atoms with E-state index < -0.39 is 0 Å². The maximum atomic E-state index is 6.58. The summed E-state index contributed by atoms with van der Waals surface area (Å²) in [6.07, 6.45) is 0. The smallest absolute Gasteiger partial charge is 0.227 e. The fraction of sp³-hybridized carbons (Fsp3) is 0.180. The molecule has 2 nitrogen and oxygen atoms in total. The first-order valence-electron chi connectivity index (χ1n) is 18.4. The van der Waals surface area contributed by atoms with Crippen molar-refractivity contribution in [2.45, 2.75) is 62.3 Å². The van der Waals surface area contributed by atoms with Gasteiger partial charge in [0, 0.05) is 5.56 Å². The third-order valence-electron chi connectivity index (χ3n) is 11.3. The Kier molecular flexibility index (Phi) is 7.21. The lowest BCUT2D eigenvalue weighted by molar-refractivity contribution is 0.620. The second-order valence-corrected chi connectivity index (χ2v) is 15.3. The normalized spacial score (nSPS) is 11.9. The van der Waals surface area contributed by atoms with Crippen LogP contribution >= 0.6 is 0 Å². The first-order chi connectivity index (χ1) is 25.0. The van der Waals surface area contributed by atoms with Crippen molar-refractivity contribution in [3.63, 3.8) is 0 Å². The second-order valence-electron chi connectivity index (χ2n) is 15.3. The zero-order chi connectivity index (χ0) is 36.2. The molecular formula is C50H43NO. The monoisotopic (exact) mass is 673 g/mol. The highest BCUT2D eigenvalue weighted by atomic mass is 16.3. The van der Waals surface area contributed by atoms with Crippen LogP contribution in [0.5, 0.6) is 0 Å². The van der Waals surface area contributed by atoms with Gasteiger partial charge in [-0.15, -0.1) is 0 Å². The van der Waals surface area contributed by atoms with E-state index in [1.165, 1.54) is 110 Å². The Labute approximate surface area is 306 Å². The third-order valence-corrected chi connectivity index (χ3v) is 11.3. The lowest BCUT2D eigenvalue weighted by atomic mass is 9.79. The van der Waals surface area contributed by atoms with Crippen molar-refractivity contribution in [2.24, 2.45) is 0 Å². The number of fused-ring (bicyclic) bond motifs is 1. The van der Waals surface area contributed by atoms with Gasteiger partial charge in [0.05, 0.1) is 0 Å². The van der Waals surface area contributed by atoms with Gasteiger partial charge >= 0.3 is 0 Å².